The van der Waals surface area contributed by atoms with Crippen LogP contribution < -0.4 is 16.0 Å². The highest BCUT2D eigenvalue weighted by Crippen LogP contribution is 2.39. The van der Waals surface area contributed by atoms with E-state index in [1.807, 2.05) is 0 Å². The number of amides is 1. The Morgan fingerprint density at radius 2 is 2.09 bits per heavy atom. The highest BCUT2D eigenvalue weighted by molar-refractivity contribution is 7.80. The first kappa shape index (κ1) is 26.9. The Hall–Kier alpha value is -2.74. The van der Waals surface area contributed by atoms with E-state index < -0.39 is 30.6 Å². The van der Waals surface area contributed by atoms with Crippen LogP contribution in [0.4, 0.5) is 28.4 Å². The molecule has 0 aliphatic heterocycles. The lowest BCUT2D eigenvalue weighted by atomic mass is 9.91. The molecule has 192 valence electrons. The summed E-state index contributed by atoms with van der Waals surface area (Å²) in [5.74, 6) is -4.46. The van der Waals surface area contributed by atoms with E-state index >= 15 is 0 Å². The first-order valence-electron chi connectivity index (χ1n) is 10.8. The molecule has 0 radical (unpaired) electrons. The summed E-state index contributed by atoms with van der Waals surface area (Å²) in [5, 5.41) is 12.5. The van der Waals surface area contributed by atoms with Gasteiger partial charge in [-0.05, 0) is 50.9 Å². The lowest BCUT2D eigenvalue weighted by Crippen LogP contribution is -2.41. The monoisotopic (exact) mass is 535 g/mol. The van der Waals surface area contributed by atoms with E-state index in [4.69, 9.17) is 17.0 Å². The molecule has 0 unspecified atom stereocenters. The molecule has 2 aromatic heterocycles. The number of hydrogen-bond acceptors (Lipinski definition) is 6. The molecule has 3 N–H and O–H groups in total. The number of thiocarbonyl (C=S) groups is 1. The van der Waals surface area contributed by atoms with Crippen LogP contribution in [-0.4, -0.2) is 45.3 Å². The van der Waals surface area contributed by atoms with E-state index in [1.165, 1.54) is 17.8 Å². The molecule has 1 atom stereocenters. The number of aryl methyl sites for hydroxylation is 2. The molecule has 14 heteroatoms. The lowest BCUT2D eigenvalue weighted by molar-refractivity contribution is -0.122. The van der Waals surface area contributed by atoms with E-state index in [-0.39, 0.29) is 39.8 Å². The van der Waals surface area contributed by atoms with Gasteiger partial charge in [-0.1, -0.05) is 0 Å². The number of hydrogen-bond donors (Lipinski definition) is 3. The number of aromatic nitrogens is 2. The molecule has 1 aliphatic rings. The number of fused-ring (bicyclic) bond motifs is 1. The Balaban J connectivity index is 1.75. The predicted octanol–water partition coefficient (Wildman–Crippen LogP) is 4.42. The maximum absolute atomic E-state index is 13.3. The van der Waals surface area contributed by atoms with Crippen molar-refractivity contribution in [3.05, 3.63) is 27.8 Å². The summed E-state index contributed by atoms with van der Waals surface area (Å²) < 4.78 is 58.7. The maximum atomic E-state index is 13.3. The van der Waals surface area contributed by atoms with E-state index in [0.717, 1.165) is 16.2 Å². The van der Waals surface area contributed by atoms with Gasteiger partial charge in [0.1, 0.15) is 16.5 Å². The number of esters is 1. The van der Waals surface area contributed by atoms with Gasteiger partial charge >= 0.3 is 5.97 Å². The predicted molar refractivity (Wildman–Crippen MR) is 127 cm³/mol. The smallest absolute Gasteiger partial charge is 0.341 e. The van der Waals surface area contributed by atoms with E-state index in [0.29, 0.717) is 31.7 Å². The molecule has 3 rings (SSSR count). The van der Waals surface area contributed by atoms with Gasteiger partial charge in [0.25, 0.3) is 12.3 Å². The number of ether oxygens (including phenoxy) is 1. The second kappa shape index (κ2) is 10.9. The van der Waals surface area contributed by atoms with Gasteiger partial charge in [-0.25, -0.2) is 22.4 Å². The number of rotatable bonds is 8. The van der Waals surface area contributed by atoms with Crippen molar-refractivity contribution in [2.75, 3.05) is 17.2 Å². The molecule has 0 fully saturated rings. The number of nitrogens with one attached hydrogen (secondary N) is 3. The Kier molecular flexibility index (Phi) is 8.36. The van der Waals surface area contributed by atoms with Crippen molar-refractivity contribution >= 4 is 51.4 Å². The number of nitrogens with zero attached hydrogens (tertiary/aromatic N) is 2. The number of carbonyl (C=O) groups is 2. The van der Waals surface area contributed by atoms with Crippen LogP contribution >= 0.6 is 23.6 Å². The van der Waals surface area contributed by atoms with Crippen LogP contribution in [-0.2, 0) is 29.4 Å². The third-order valence-corrected chi connectivity index (χ3v) is 6.59. The quantitative estimate of drug-likeness (QED) is 0.262. The Bertz CT molecular complexity index is 1110. The fourth-order valence-corrected chi connectivity index (χ4v) is 5.24. The first-order valence-corrected chi connectivity index (χ1v) is 12.0. The number of halogens is 4. The molecule has 0 saturated carbocycles. The average molecular weight is 536 g/mol. The molecule has 8 nitrogen and oxygen atoms in total. The van der Waals surface area contributed by atoms with Crippen LogP contribution in [0.1, 0.15) is 59.6 Å². The van der Waals surface area contributed by atoms with E-state index in [1.54, 1.807) is 6.92 Å². The Labute approximate surface area is 208 Å². The van der Waals surface area contributed by atoms with Crippen molar-refractivity contribution in [1.82, 2.24) is 15.1 Å². The van der Waals surface area contributed by atoms with Gasteiger partial charge in [0.05, 0.1) is 18.6 Å². The summed E-state index contributed by atoms with van der Waals surface area (Å²) in [5.41, 5.74) is 0.421. The summed E-state index contributed by atoms with van der Waals surface area (Å²) in [6.07, 6.45) is -2.19. The molecule has 0 saturated heterocycles. The molecule has 0 bridgehead atoms. The number of alkyl halides is 4. The van der Waals surface area contributed by atoms with Gasteiger partial charge in [-0.3, -0.25) is 9.48 Å². The number of carbonyl (C=O) groups excluding carboxylic acids is 2. The number of thiophene rings is 1. The summed E-state index contributed by atoms with van der Waals surface area (Å²) in [6, 6.07) is 0.987. The Morgan fingerprint density at radius 3 is 2.69 bits per heavy atom. The molecule has 0 aromatic carbocycles. The average Bonchev–Trinajstić information content (AvgIpc) is 3.26. The van der Waals surface area contributed by atoms with Gasteiger partial charge in [0.15, 0.2) is 5.11 Å². The van der Waals surface area contributed by atoms with Gasteiger partial charge in [-0.2, -0.15) is 5.10 Å². The molecule has 2 aromatic rings. The fraction of sp³-hybridized carbons (Fsp3) is 0.524. The minimum absolute atomic E-state index is 0.102. The zero-order valence-corrected chi connectivity index (χ0v) is 20.8. The molecule has 0 spiro atoms. The molecule has 35 heavy (non-hydrogen) atoms. The van der Waals surface area contributed by atoms with Gasteiger partial charge in [0.2, 0.25) is 5.91 Å². The van der Waals surface area contributed by atoms with Crippen LogP contribution in [0.5, 0.6) is 0 Å². The summed E-state index contributed by atoms with van der Waals surface area (Å²) in [6.45, 7) is 2.38. The summed E-state index contributed by atoms with van der Waals surface area (Å²) in [4.78, 5) is 25.6. The SMILES string of the molecule is CCOC(=O)c1c(NC(=O)CC(C)(F)F)sc2c1C[C@@H](NC(=S)Nc1cc(C(F)F)nn1C)CC2. The number of anilines is 2. The standard InChI is InChI=1S/C21H25F4N5O3S2/c1-4-33-19(32)16-11-7-10(26-20(34)27-14-8-12(17(22)23)29-30(14)3)5-6-13(11)35-18(16)28-15(31)9-21(2,24)25/h8,10,17H,4-7,9H2,1-3H3,(H,28,31)(H2,26,27,34)/t10-/m0/s1. The lowest BCUT2D eigenvalue weighted by Gasteiger charge is -2.25. The molecular weight excluding hydrogens is 510 g/mol. The van der Waals surface area contributed by atoms with Crippen LogP contribution in [0, 0.1) is 0 Å². The van der Waals surface area contributed by atoms with Crippen LogP contribution in [0.2, 0.25) is 0 Å². The second-order valence-corrected chi connectivity index (χ2v) is 9.65. The zero-order chi connectivity index (χ0) is 25.9. The van der Waals surface area contributed by atoms with Crippen molar-refractivity contribution < 1.29 is 31.9 Å². The van der Waals surface area contributed by atoms with Crippen LogP contribution in [0.15, 0.2) is 6.07 Å². The molecule has 2 heterocycles. The molecule has 1 aliphatic carbocycles. The minimum atomic E-state index is -3.19. The molecule has 1 amide bonds. The van der Waals surface area contributed by atoms with Crippen LogP contribution in [0.25, 0.3) is 0 Å². The highest BCUT2D eigenvalue weighted by atomic mass is 32.1. The molecular formula is C21H25F4N5O3S2. The van der Waals surface area contributed by atoms with E-state index in [9.17, 15) is 27.2 Å². The third kappa shape index (κ3) is 6.90. The zero-order valence-electron chi connectivity index (χ0n) is 19.2. The second-order valence-electron chi connectivity index (χ2n) is 8.14. The Morgan fingerprint density at radius 1 is 1.37 bits per heavy atom. The van der Waals surface area contributed by atoms with E-state index in [2.05, 4.69) is 21.0 Å². The van der Waals surface area contributed by atoms with Gasteiger partial charge < -0.3 is 20.7 Å². The van der Waals surface area contributed by atoms with Crippen LogP contribution in [0.3, 0.4) is 0 Å². The maximum Gasteiger partial charge on any atom is 0.341 e. The highest BCUT2D eigenvalue weighted by Gasteiger charge is 2.32. The van der Waals surface area contributed by atoms with Crippen molar-refractivity contribution in [2.45, 2.75) is 57.9 Å². The topological polar surface area (TPSA) is 97.3 Å². The minimum Gasteiger partial charge on any atom is -0.462 e. The summed E-state index contributed by atoms with van der Waals surface area (Å²) >= 11 is 6.49. The van der Waals surface area contributed by atoms with Gasteiger partial charge in [-0.15, -0.1) is 11.3 Å². The van der Waals surface area contributed by atoms with Crippen molar-refractivity contribution in [3.8, 4) is 0 Å². The summed E-state index contributed by atoms with van der Waals surface area (Å²) in [7, 11) is 1.50. The largest absolute Gasteiger partial charge is 0.462 e. The third-order valence-electron chi connectivity index (χ3n) is 5.16. The van der Waals surface area contributed by atoms with Crippen molar-refractivity contribution in [3.63, 3.8) is 0 Å². The fourth-order valence-electron chi connectivity index (χ4n) is 3.72. The van der Waals surface area contributed by atoms with Crippen molar-refractivity contribution in [1.29, 1.82) is 0 Å². The first-order chi connectivity index (χ1) is 16.4. The van der Waals surface area contributed by atoms with Crippen molar-refractivity contribution in [2.24, 2.45) is 7.05 Å². The normalized spacial score (nSPS) is 15.5. The van der Waals surface area contributed by atoms with Gasteiger partial charge in [0, 0.05) is 24.0 Å².